The van der Waals surface area contributed by atoms with E-state index in [1.807, 2.05) is 6.92 Å². The molecule has 0 radical (unpaired) electrons. The van der Waals surface area contributed by atoms with Gasteiger partial charge in [-0.3, -0.25) is 9.59 Å². The summed E-state index contributed by atoms with van der Waals surface area (Å²) in [6.45, 7) is 3.79. The van der Waals surface area contributed by atoms with Crippen molar-refractivity contribution in [2.45, 2.75) is 39.5 Å². The standard InChI is InChI=1S/C16H21NO3/c1-9(15(19)20)16(2)7-11-10-5-3-4-6-13(10)17-14(18)12(11)8-16/h3,5,9,11-12H,4,6-8H2,1-2H3,(H,17,18)(H,19,20)/t9?,11-,12?,16?/m1/s1. The van der Waals surface area contributed by atoms with E-state index in [0.717, 1.165) is 25.0 Å². The molecule has 4 nitrogen and oxygen atoms in total. The summed E-state index contributed by atoms with van der Waals surface area (Å²) >= 11 is 0. The summed E-state index contributed by atoms with van der Waals surface area (Å²) in [6, 6.07) is 0. The number of nitrogens with one attached hydrogen (secondary N) is 1. The smallest absolute Gasteiger partial charge is 0.306 e. The van der Waals surface area contributed by atoms with Gasteiger partial charge >= 0.3 is 5.97 Å². The van der Waals surface area contributed by atoms with Crippen molar-refractivity contribution in [3.63, 3.8) is 0 Å². The first-order chi connectivity index (χ1) is 9.42. The zero-order valence-corrected chi connectivity index (χ0v) is 12.0. The molecule has 20 heavy (non-hydrogen) atoms. The summed E-state index contributed by atoms with van der Waals surface area (Å²) in [5.74, 6) is -0.965. The van der Waals surface area contributed by atoms with Crippen LogP contribution in [0.5, 0.6) is 0 Å². The van der Waals surface area contributed by atoms with Crippen LogP contribution in [-0.2, 0) is 9.59 Å². The molecule has 0 aromatic heterocycles. The number of fused-ring (bicyclic) bond motifs is 2. The maximum Gasteiger partial charge on any atom is 0.306 e. The van der Waals surface area contributed by atoms with Crippen LogP contribution in [0, 0.1) is 23.2 Å². The molecule has 3 rings (SSSR count). The molecule has 1 amide bonds. The van der Waals surface area contributed by atoms with Crippen molar-refractivity contribution in [3.05, 3.63) is 23.4 Å². The Morgan fingerprint density at radius 1 is 1.45 bits per heavy atom. The minimum Gasteiger partial charge on any atom is -0.481 e. The van der Waals surface area contributed by atoms with E-state index in [-0.39, 0.29) is 23.2 Å². The number of aliphatic carboxylic acids is 1. The van der Waals surface area contributed by atoms with Crippen LogP contribution in [-0.4, -0.2) is 17.0 Å². The second kappa shape index (κ2) is 4.47. The number of hydrogen-bond acceptors (Lipinski definition) is 2. The highest BCUT2D eigenvalue weighted by molar-refractivity contribution is 5.84. The van der Waals surface area contributed by atoms with E-state index >= 15 is 0 Å². The van der Waals surface area contributed by atoms with Gasteiger partial charge in [-0.05, 0) is 42.6 Å². The Hall–Kier alpha value is -1.58. The number of rotatable bonds is 2. The van der Waals surface area contributed by atoms with E-state index in [2.05, 4.69) is 17.5 Å². The van der Waals surface area contributed by atoms with E-state index in [9.17, 15) is 14.7 Å². The molecule has 3 aliphatic rings. The molecule has 1 aliphatic heterocycles. The summed E-state index contributed by atoms with van der Waals surface area (Å²) < 4.78 is 0. The van der Waals surface area contributed by atoms with Gasteiger partial charge in [-0.25, -0.2) is 0 Å². The molecule has 3 unspecified atom stereocenters. The highest BCUT2D eigenvalue weighted by Gasteiger charge is 2.52. The fourth-order valence-electron chi connectivity index (χ4n) is 4.03. The number of allylic oxidation sites excluding steroid dienone is 4. The predicted octanol–water partition coefficient (Wildman–Crippen LogP) is 2.47. The minimum atomic E-state index is -0.764. The quantitative estimate of drug-likeness (QED) is 0.813. The summed E-state index contributed by atoms with van der Waals surface area (Å²) in [5, 5.41) is 12.4. The van der Waals surface area contributed by atoms with Crippen LogP contribution >= 0.6 is 0 Å². The van der Waals surface area contributed by atoms with E-state index in [4.69, 9.17) is 0 Å². The minimum absolute atomic E-state index is 0.0664. The molecule has 4 atom stereocenters. The number of carbonyl (C=O) groups excluding carboxylic acids is 1. The van der Waals surface area contributed by atoms with E-state index in [0.29, 0.717) is 6.42 Å². The molecular formula is C16H21NO3. The highest BCUT2D eigenvalue weighted by atomic mass is 16.4. The van der Waals surface area contributed by atoms with Crippen LogP contribution in [0.1, 0.15) is 39.5 Å². The van der Waals surface area contributed by atoms with Gasteiger partial charge in [0.05, 0.1) is 5.92 Å². The van der Waals surface area contributed by atoms with Gasteiger partial charge in [0.2, 0.25) is 5.91 Å². The highest BCUT2D eigenvalue weighted by Crippen LogP contribution is 2.54. The van der Waals surface area contributed by atoms with Crippen molar-refractivity contribution in [2.24, 2.45) is 23.2 Å². The first-order valence-corrected chi connectivity index (χ1v) is 7.35. The summed E-state index contributed by atoms with van der Waals surface area (Å²) in [7, 11) is 0. The number of hydrogen-bond donors (Lipinski definition) is 2. The molecule has 0 saturated heterocycles. The van der Waals surface area contributed by atoms with E-state index in [1.165, 1.54) is 5.57 Å². The summed E-state index contributed by atoms with van der Waals surface area (Å²) in [6.07, 6.45) is 7.62. The molecule has 1 fully saturated rings. The van der Waals surface area contributed by atoms with Gasteiger partial charge in [-0.1, -0.05) is 26.0 Å². The van der Waals surface area contributed by atoms with E-state index < -0.39 is 11.9 Å². The molecule has 0 spiro atoms. The zero-order valence-electron chi connectivity index (χ0n) is 12.0. The largest absolute Gasteiger partial charge is 0.481 e. The lowest BCUT2D eigenvalue weighted by atomic mass is 9.75. The van der Waals surface area contributed by atoms with Crippen LogP contribution in [0.25, 0.3) is 0 Å². The van der Waals surface area contributed by atoms with Crippen molar-refractivity contribution in [1.29, 1.82) is 0 Å². The first kappa shape index (κ1) is 13.4. The van der Waals surface area contributed by atoms with Crippen LogP contribution < -0.4 is 5.32 Å². The fourth-order valence-corrected chi connectivity index (χ4v) is 4.03. The average Bonchev–Trinajstić information content (AvgIpc) is 2.78. The van der Waals surface area contributed by atoms with Crippen LogP contribution in [0.3, 0.4) is 0 Å². The van der Waals surface area contributed by atoms with Crippen molar-refractivity contribution in [2.75, 3.05) is 0 Å². The zero-order chi connectivity index (χ0) is 14.5. The summed E-state index contributed by atoms with van der Waals surface area (Å²) in [5.41, 5.74) is 2.00. The Kier molecular flexibility index (Phi) is 3.00. The van der Waals surface area contributed by atoms with Crippen LogP contribution in [0.4, 0.5) is 0 Å². The second-order valence-corrected chi connectivity index (χ2v) is 6.70. The molecule has 4 heteroatoms. The molecular weight excluding hydrogens is 254 g/mol. The van der Waals surface area contributed by atoms with Gasteiger partial charge in [-0.15, -0.1) is 0 Å². The first-order valence-electron chi connectivity index (χ1n) is 7.35. The molecule has 0 aromatic rings. The number of carboxylic acids is 1. The Labute approximate surface area is 118 Å². The Morgan fingerprint density at radius 2 is 2.15 bits per heavy atom. The molecule has 1 saturated carbocycles. The van der Waals surface area contributed by atoms with Crippen LogP contribution in [0.2, 0.25) is 0 Å². The second-order valence-electron chi connectivity index (χ2n) is 6.70. The average molecular weight is 275 g/mol. The van der Waals surface area contributed by atoms with E-state index in [1.54, 1.807) is 6.92 Å². The van der Waals surface area contributed by atoms with Crippen LogP contribution in [0.15, 0.2) is 23.4 Å². The summed E-state index contributed by atoms with van der Waals surface area (Å²) in [4.78, 5) is 23.6. The number of carbonyl (C=O) groups is 2. The Balaban J connectivity index is 1.94. The molecule has 0 bridgehead atoms. The third-order valence-corrected chi connectivity index (χ3v) is 5.49. The van der Waals surface area contributed by atoms with Gasteiger partial charge in [0.15, 0.2) is 0 Å². The lowest BCUT2D eigenvalue weighted by Gasteiger charge is -2.31. The van der Waals surface area contributed by atoms with Crippen molar-refractivity contribution in [3.8, 4) is 0 Å². The third kappa shape index (κ3) is 1.89. The normalized spacial score (nSPS) is 37.2. The van der Waals surface area contributed by atoms with Gasteiger partial charge in [0.1, 0.15) is 0 Å². The maximum absolute atomic E-state index is 12.3. The van der Waals surface area contributed by atoms with Gasteiger partial charge in [0, 0.05) is 11.6 Å². The maximum atomic E-state index is 12.3. The monoisotopic (exact) mass is 275 g/mol. The van der Waals surface area contributed by atoms with Crippen molar-refractivity contribution >= 4 is 11.9 Å². The SMILES string of the molecule is CC(C(=O)O)C1(C)CC2C(=O)NC3=C(C=CCC3)[C@H]2C1. The molecule has 0 aromatic carbocycles. The van der Waals surface area contributed by atoms with Gasteiger partial charge in [0.25, 0.3) is 0 Å². The molecule has 1 heterocycles. The molecule has 108 valence electrons. The molecule has 2 aliphatic carbocycles. The van der Waals surface area contributed by atoms with Gasteiger partial charge < -0.3 is 10.4 Å². The lowest BCUT2D eigenvalue weighted by Crippen LogP contribution is -2.39. The number of amides is 1. The van der Waals surface area contributed by atoms with Gasteiger partial charge in [-0.2, -0.15) is 0 Å². The Morgan fingerprint density at radius 3 is 2.85 bits per heavy atom. The number of carboxylic acid groups (broad SMARTS) is 1. The van der Waals surface area contributed by atoms with Crippen molar-refractivity contribution in [1.82, 2.24) is 5.32 Å². The predicted molar refractivity (Wildman–Crippen MR) is 74.7 cm³/mol. The Bertz CT molecular complexity index is 534. The topological polar surface area (TPSA) is 66.4 Å². The third-order valence-electron chi connectivity index (χ3n) is 5.49. The molecule has 2 N–H and O–H groups in total. The fraction of sp³-hybridized carbons (Fsp3) is 0.625. The van der Waals surface area contributed by atoms with Crippen molar-refractivity contribution < 1.29 is 14.7 Å². The lowest BCUT2D eigenvalue weighted by molar-refractivity contribution is -0.145.